The van der Waals surface area contributed by atoms with Crippen molar-refractivity contribution in [1.29, 1.82) is 0 Å². The van der Waals surface area contributed by atoms with Crippen molar-refractivity contribution < 1.29 is 9.18 Å². The highest BCUT2D eigenvalue weighted by Gasteiger charge is 2.27. The van der Waals surface area contributed by atoms with E-state index in [-0.39, 0.29) is 18.1 Å². The summed E-state index contributed by atoms with van der Waals surface area (Å²) in [4.78, 5) is 26.7. The zero-order chi connectivity index (χ0) is 23.2. The lowest BCUT2D eigenvalue weighted by molar-refractivity contribution is -0.117. The van der Waals surface area contributed by atoms with Gasteiger partial charge in [0.05, 0.1) is 23.3 Å². The van der Waals surface area contributed by atoms with E-state index < -0.39 is 5.82 Å². The number of pyridine rings is 1. The third-order valence-corrected chi connectivity index (χ3v) is 5.71. The van der Waals surface area contributed by atoms with E-state index in [4.69, 9.17) is 0 Å². The van der Waals surface area contributed by atoms with Gasteiger partial charge in [0, 0.05) is 63.2 Å². The van der Waals surface area contributed by atoms with Gasteiger partial charge in [0.25, 0.3) is 0 Å². The number of H-pyrrole nitrogens is 1. The number of carbonyl (C=O) groups is 1. The van der Waals surface area contributed by atoms with Crippen molar-refractivity contribution in [2.24, 2.45) is 11.0 Å². The van der Waals surface area contributed by atoms with Crippen LogP contribution >= 0.6 is 0 Å². The summed E-state index contributed by atoms with van der Waals surface area (Å²) in [5.74, 6) is 0.712. The Bertz CT molecular complexity index is 1120. The van der Waals surface area contributed by atoms with Gasteiger partial charge >= 0.3 is 0 Å². The molecule has 1 aliphatic heterocycles. The molecule has 4 rings (SSSR count). The number of amides is 1. The Labute approximate surface area is 192 Å². The molecule has 9 heteroatoms. The SMILES string of the molecule is C=NN(/C=C(\C)C(=O)NCc1ncccc1F)CC1CN(CCc2nc3ccccc3[nH]2)C1. The van der Waals surface area contributed by atoms with Crippen LogP contribution in [0.15, 0.2) is 59.5 Å². The van der Waals surface area contributed by atoms with Crippen LogP contribution in [0.1, 0.15) is 18.4 Å². The number of hydrogen-bond acceptors (Lipinski definition) is 6. The predicted octanol–water partition coefficient (Wildman–Crippen LogP) is 2.71. The maximum atomic E-state index is 13.7. The van der Waals surface area contributed by atoms with Crippen molar-refractivity contribution in [2.75, 3.05) is 26.2 Å². The van der Waals surface area contributed by atoms with Crippen LogP contribution in [0.3, 0.4) is 0 Å². The van der Waals surface area contributed by atoms with Gasteiger partial charge in [-0.1, -0.05) is 12.1 Å². The van der Waals surface area contributed by atoms with Gasteiger partial charge in [0.15, 0.2) is 0 Å². The van der Waals surface area contributed by atoms with E-state index in [1.807, 2.05) is 24.3 Å². The Morgan fingerprint density at radius 1 is 1.36 bits per heavy atom. The molecule has 1 aliphatic rings. The number of imidazole rings is 1. The van der Waals surface area contributed by atoms with Crippen molar-refractivity contribution >= 4 is 23.7 Å². The summed E-state index contributed by atoms with van der Waals surface area (Å²) >= 11 is 0. The molecule has 3 heterocycles. The minimum absolute atomic E-state index is 0.0288. The summed E-state index contributed by atoms with van der Waals surface area (Å²) in [6, 6.07) is 10.9. The fraction of sp³-hybridized carbons (Fsp3) is 0.333. The predicted molar refractivity (Wildman–Crippen MR) is 126 cm³/mol. The number of fused-ring (bicyclic) bond motifs is 1. The number of nitrogens with one attached hydrogen (secondary N) is 2. The molecule has 1 fully saturated rings. The van der Waals surface area contributed by atoms with Crippen molar-refractivity contribution in [3.8, 4) is 0 Å². The van der Waals surface area contributed by atoms with Gasteiger partial charge < -0.3 is 15.2 Å². The van der Waals surface area contributed by atoms with Gasteiger partial charge in [0.1, 0.15) is 11.6 Å². The lowest BCUT2D eigenvalue weighted by Crippen LogP contribution is -2.50. The third kappa shape index (κ3) is 5.81. The molecule has 172 valence electrons. The maximum absolute atomic E-state index is 13.7. The average molecular weight is 450 g/mol. The molecule has 0 atom stereocenters. The highest BCUT2D eigenvalue weighted by molar-refractivity contribution is 5.92. The third-order valence-electron chi connectivity index (χ3n) is 5.71. The fourth-order valence-corrected chi connectivity index (χ4v) is 3.91. The maximum Gasteiger partial charge on any atom is 0.248 e. The summed E-state index contributed by atoms with van der Waals surface area (Å²) in [6.45, 7) is 8.90. The number of nitrogens with zero attached hydrogens (tertiary/aromatic N) is 5. The van der Waals surface area contributed by atoms with Crippen LogP contribution in [-0.4, -0.2) is 63.7 Å². The highest BCUT2D eigenvalue weighted by Crippen LogP contribution is 2.19. The highest BCUT2D eigenvalue weighted by atomic mass is 19.1. The van der Waals surface area contributed by atoms with E-state index in [0.29, 0.717) is 18.0 Å². The first-order chi connectivity index (χ1) is 16.0. The lowest BCUT2D eigenvalue weighted by Gasteiger charge is -2.40. The standard InChI is InChI=1S/C24H28FN7O/c1-17(24(33)28-12-22-19(25)6-5-10-27-22)13-32(26-2)16-18-14-31(15-18)11-9-23-29-20-7-3-4-8-21(20)30-23/h3-8,10,13,18H,2,9,11-12,14-16H2,1H3,(H,28,33)(H,29,30)/b17-13+. The van der Waals surface area contributed by atoms with Gasteiger partial charge in [-0.3, -0.25) is 14.8 Å². The van der Waals surface area contributed by atoms with E-state index in [0.717, 1.165) is 42.9 Å². The van der Waals surface area contributed by atoms with Crippen LogP contribution in [0.25, 0.3) is 11.0 Å². The number of aromatic nitrogens is 3. The van der Waals surface area contributed by atoms with E-state index in [1.165, 1.54) is 18.3 Å². The van der Waals surface area contributed by atoms with Gasteiger partial charge in [-0.25, -0.2) is 9.37 Å². The molecule has 0 spiro atoms. The molecule has 8 nitrogen and oxygen atoms in total. The Hall–Kier alpha value is -3.59. The van der Waals surface area contributed by atoms with E-state index >= 15 is 0 Å². The molecule has 1 saturated heterocycles. The average Bonchev–Trinajstić information content (AvgIpc) is 3.21. The van der Waals surface area contributed by atoms with Crippen LogP contribution < -0.4 is 5.32 Å². The number of carbonyl (C=O) groups excluding carboxylic acids is 1. The first-order valence-electron chi connectivity index (χ1n) is 11.0. The smallest absolute Gasteiger partial charge is 0.248 e. The number of hydrogen-bond donors (Lipinski definition) is 2. The molecule has 3 aromatic rings. The lowest BCUT2D eigenvalue weighted by atomic mass is 9.99. The summed E-state index contributed by atoms with van der Waals surface area (Å²) in [5.41, 5.74) is 2.74. The van der Waals surface area contributed by atoms with Crippen molar-refractivity contribution in [3.63, 3.8) is 0 Å². The Morgan fingerprint density at radius 3 is 2.94 bits per heavy atom. The van der Waals surface area contributed by atoms with Crippen molar-refractivity contribution in [1.82, 2.24) is 30.2 Å². The second kappa shape index (κ2) is 10.4. The van der Waals surface area contributed by atoms with Gasteiger partial charge in [0.2, 0.25) is 5.91 Å². The fourth-order valence-electron chi connectivity index (χ4n) is 3.91. The number of aromatic amines is 1. The van der Waals surface area contributed by atoms with E-state index in [1.54, 1.807) is 18.1 Å². The van der Waals surface area contributed by atoms with Crippen molar-refractivity contribution in [3.05, 3.63) is 71.7 Å². The summed E-state index contributed by atoms with van der Waals surface area (Å²) in [6.07, 6.45) is 4.05. The Morgan fingerprint density at radius 2 is 2.18 bits per heavy atom. The molecule has 0 aliphatic carbocycles. The van der Waals surface area contributed by atoms with Crippen LogP contribution in [-0.2, 0) is 17.8 Å². The van der Waals surface area contributed by atoms with E-state index in [9.17, 15) is 9.18 Å². The van der Waals surface area contributed by atoms with Crippen LogP contribution in [0.4, 0.5) is 4.39 Å². The molecule has 0 saturated carbocycles. The number of likely N-dealkylation sites (tertiary alicyclic amines) is 1. The largest absolute Gasteiger partial charge is 0.347 e. The second-order valence-electron chi connectivity index (χ2n) is 8.27. The molecule has 0 bridgehead atoms. The van der Waals surface area contributed by atoms with Crippen LogP contribution in [0.5, 0.6) is 0 Å². The summed E-state index contributed by atoms with van der Waals surface area (Å²) < 4.78 is 13.7. The molecule has 2 N–H and O–H groups in total. The van der Waals surface area contributed by atoms with Crippen molar-refractivity contribution in [2.45, 2.75) is 19.9 Å². The molecule has 1 amide bonds. The number of hydrazone groups is 1. The number of rotatable bonds is 10. The zero-order valence-electron chi connectivity index (χ0n) is 18.7. The van der Waals surface area contributed by atoms with Crippen LogP contribution in [0.2, 0.25) is 0 Å². The first-order valence-corrected chi connectivity index (χ1v) is 11.0. The second-order valence-corrected chi connectivity index (χ2v) is 8.27. The quantitative estimate of drug-likeness (QED) is 0.282. The molecular formula is C24H28FN7O. The van der Waals surface area contributed by atoms with E-state index in [2.05, 4.69) is 37.0 Å². The summed E-state index contributed by atoms with van der Waals surface area (Å²) in [5, 5.41) is 8.40. The minimum Gasteiger partial charge on any atom is -0.347 e. The Balaban J connectivity index is 1.20. The van der Waals surface area contributed by atoms with Crippen LogP contribution in [0, 0.1) is 11.7 Å². The molecular weight excluding hydrogens is 421 g/mol. The monoisotopic (exact) mass is 449 g/mol. The normalized spacial score (nSPS) is 14.8. The minimum atomic E-state index is -0.441. The van der Waals surface area contributed by atoms with Gasteiger partial charge in [-0.05, 0) is 31.2 Å². The molecule has 1 aromatic carbocycles. The topological polar surface area (TPSA) is 89.5 Å². The van der Waals surface area contributed by atoms with Gasteiger partial charge in [-0.2, -0.15) is 5.10 Å². The molecule has 0 radical (unpaired) electrons. The molecule has 2 aromatic heterocycles. The zero-order valence-corrected chi connectivity index (χ0v) is 18.7. The molecule has 0 unspecified atom stereocenters. The Kier molecular flexibility index (Phi) is 7.09. The number of benzene rings is 1. The first kappa shape index (κ1) is 22.6. The number of halogens is 1. The number of para-hydroxylation sites is 2. The molecule has 33 heavy (non-hydrogen) atoms. The van der Waals surface area contributed by atoms with Gasteiger partial charge in [-0.15, -0.1) is 0 Å². The summed E-state index contributed by atoms with van der Waals surface area (Å²) in [7, 11) is 0.